The van der Waals surface area contributed by atoms with Crippen LogP contribution >= 0.6 is 0 Å². The van der Waals surface area contributed by atoms with Crippen molar-refractivity contribution in [2.24, 2.45) is 21.5 Å². The summed E-state index contributed by atoms with van der Waals surface area (Å²) >= 11 is 0. The van der Waals surface area contributed by atoms with Crippen molar-refractivity contribution in [2.45, 2.75) is 102 Å². The number of carboxylic acids is 1. The fraction of sp³-hybridized carbons (Fsp3) is 0.579. The first kappa shape index (κ1) is 59.9. The Morgan fingerprint density at radius 1 is 0.708 bits per heavy atom. The Morgan fingerprint density at radius 3 is 1.40 bits per heavy atom. The van der Waals surface area contributed by atoms with Crippen LogP contribution in [0.5, 0.6) is 11.5 Å². The summed E-state index contributed by atoms with van der Waals surface area (Å²) in [4.78, 5) is 36.4. The number of nitrogens with zero attached hydrogens (tertiary/aromatic N) is 3. The number of aryl methyl sites for hydroxylation is 2. The number of rotatable bonds is 24. The number of carbonyl (C=O) groups excluding carboxylic acids is 1. The molecule has 1 amide bonds. The molecular weight excluding hydrogens is 887 g/mol. The number of methoxy groups -OCH3 is 2. The van der Waals surface area contributed by atoms with Gasteiger partial charge in [-0.05, 0) is 64.8 Å². The Morgan fingerprint density at radius 2 is 1.08 bits per heavy atom. The van der Waals surface area contributed by atoms with E-state index in [2.05, 4.69) is 30.1 Å². The summed E-state index contributed by atoms with van der Waals surface area (Å²) in [5.41, 5.74) is 15.1. The Hall–Kier alpha value is -5.11. The van der Waals surface area contributed by atoms with E-state index in [9.17, 15) is 40.5 Å². The van der Waals surface area contributed by atoms with Crippen molar-refractivity contribution in [3.05, 3.63) is 45.5 Å². The number of guanidine groups is 2. The number of nitrogens with two attached hydrogens (primary N) is 2. The summed E-state index contributed by atoms with van der Waals surface area (Å²) < 4.78 is 96.4. The Labute approximate surface area is 384 Å². The number of amides is 1. The second kappa shape index (κ2) is 30.2. The van der Waals surface area contributed by atoms with Gasteiger partial charge in [-0.1, -0.05) is 0 Å². The third kappa shape index (κ3) is 19.9. The number of hydrogen-bond donors (Lipinski definition) is 7. The van der Waals surface area contributed by atoms with E-state index in [1.807, 2.05) is 6.92 Å². The molecule has 2 aromatic rings. The number of nitrogens with one attached hydrogen (secondary N) is 4. The predicted molar refractivity (Wildman–Crippen MR) is 247 cm³/mol. The fourth-order valence-corrected chi connectivity index (χ4v) is 9.00. The molecule has 0 aliphatic carbocycles. The average Bonchev–Trinajstić information content (AvgIpc) is 3.24. The number of hydroxylamine groups is 2. The smallest absolute Gasteiger partial charge is 0.0380 e. The summed E-state index contributed by atoms with van der Waals surface area (Å²) in [6.07, 6.45) is 1.90. The number of ether oxygens (including phenoxy) is 2. The Kier molecular flexibility index (Phi) is 27.8. The number of sulfonamides is 2. The van der Waals surface area contributed by atoms with E-state index in [1.165, 1.54) is 28.4 Å². The molecule has 27 heteroatoms. The van der Waals surface area contributed by atoms with Gasteiger partial charge in [0.2, 0.25) is 0 Å². The van der Waals surface area contributed by atoms with Gasteiger partial charge in [0.15, 0.2) is 0 Å². The molecule has 2 rings (SSSR count). The number of benzene rings is 2. The van der Waals surface area contributed by atoms with Crippen molar-refractivity contribution >= 4 is 65.3 Å². The molecule has 0 fully saturated rings. The van der Waals surface area contributed by atoms with E-state index in [-0.39, 0.29) is 60.0 Å². The normalized spacial score (nSPS) is 12.4. The molecule has 0 aliphatic rings. The molecule has 0 heterocycles. The van der Waals surface area contributed by atoms with Gasteiger partial charge in [0.05, 0.1) is 14.2 Å². The van der Waals surface area contributed by atoms with Gasteiger partial charge in [-0.15, -0.1) is 0 Å². The van der Waals surface area contributed by atoms with Crippen molar-refractivity contribution in [3.8, 4) is 11.5 Å². The molecular formula is C38H64B3N9O13S2. The zero-order chi connectivity index (χ0) is 50.1. The average molecular weight is 952 g/mol. The zero-order valence-corrected chi connectivity index (χ0v) is 40.7. The van der Waals surface area contributed by atoms with Gasteiger partial charge >= 0.3 is 286 Å². The second-order valence-corrected chi connectivity index (χ2v) is 17.4. The summed E-state index contributed by atoms with van der Waals surface area (Å²) in [5, 5.41) is 15.5. The minimum Gasteiger partial charge on any atom is -0.0380 e. The van der Waals surface area contributed by atoms with Crippen LogP contribution < -0.4 is 41.0 Å². The number of carboxylic acid groups (broad SMARTS) is 1. The molecule has 0 bridgehead atoms. The third-order valence-corrected chi connectivity index (χ3v) is 12.8. The van der Waals surface area contributed by atoms with E-state index in [1.54, 1.807) is 53.7 Å². The van der Waals surface area contributed by atoms with E-state index < -0.39 is 38.1 Å². The van der Waals surface area contributed by atoms with Crippen LogP contribution in [0.4, 0.5) is 0 Å². The zero-order valence-electron chi connectivity index (χ0n) is 39.1. The molecule has 65 heavy (non-hydrogen) atoms. The summed E-state index contributed by atoms with van der Waals surface area (Å²) in [5.74, 6) is -0.762. The van der Waals surface area contributed by atoms with Crippen LogP contribution in [0.15, 0.2) is 31.9 Å². The third-order valence-electron chi connectivity index (χ3n) is 9.52. The van der Waals surface area contributed by atoms with Crippen molar-refractivity contribution < 1.29 is 60.0 Å². The minimum absolute atomic E-state index is 0.0130. The Bertz CT molecular complexity index is 2220. The molecule has 0 spiro atoms. The van der Waals surface area contributed by atoms with E-state index in [4.69, 9.17) is 30.9 Å². The van der Waals surface area contributed by atoms with Crippen molar-refractivity contribution in [2.75, 3.05) is 54.4 Å². The van der Waals surface area contributed by atoms with Crippen LogP contribution in [0.3, 0.4) is 0 Å². The summed E-state index contributed by atoms with van der Waals surface area (Å²) in [6.45, 7) is 12.4. The summed E-state index contributed by atoms with van der Waals surface area (Å²) in [7, 11) is 0.0682. The standard InChI is InChI=1S/C19H32BN5O6S.C17H27BN4O6S.C2H5BO/c1-12-10-16(30-5)13(2)14(3)17(12)32(28,29)24-19(21)22-9-7-8-15(23-11-20-27)18(26)25(4)31-6;1-10-8-14(28-4)11(2)12(3)15(10)29(26,27)22-17(19)20-7-5-6-13(16(23)24)21-9-18-25;1-2-3-4/h10,15,23H,7-9,11H2,1-6H3,(H3,21,22,24);8,13,21H,5-7,9H2,1-4H3,(H,23,24)(H3,19,20,22);2H2,1H3. The Balaban J connectivity index is 0.00000117. The van der Waals surface area contributed by atoms with Crippen molar-refractivity contribution in [1.29, 1.82) is 0 Å². The fourth-order valence-electron chi connectivity index (χ4n) is 6.04. The van der Waals surface area contributed by atoms with Gasteiger partial charge < -0.3 is 9.47 Å². The van der Waals surface area contributed by atoms with Crippen LogP contribution in [-0.4, -0.2) is 139 Å². The van der Waals surface area contributed by atoms with Crippen LogP contribution in [-0.2, 0) is 48.6 Å². The van der Waals surface area contributed by atoms with Gasteiger partial charge in [-0.3, -0.25) is 0 Å². The van der Waals surface area contributed by atoms with Gasteiger partial charge in [0.1, 0.15) is 11.5 Å². The van der Waals surface area contributed by atoms with Gasteiger partial charge in [-0.25, -0.2) is 0 Å². The molecule has 360 valence electrons. The van der Waals surface area contributed by atoms with Crippen molar-refractivity contribution in [1.82, 2.24) is 25.1 Å². The predicted octanol–water partition coefficient (Wildman–Crippen LogP) is 0.497. The second-order valence-electron chi connectivity index (χ2n) is 14.2. The van der Waals surface area contributed by atoms with Crippen LogP contribution in [0.2, 0.25) is 6.32 Å². The number of aliphatic carboxylic acids is 1. The molecule has 0 saturated carbocycles. The molecule has 0 aromatic heterocycles. The van der Waals surface area contributed by atoms with Crippen LogP contribution in [0.1, 0.15) is 66.0 Å². The maximum atomic E-state index is 12.9. The number of likely N-dealkylation sites (N-methyl/N-ethyl adjacent to an activating group) is 1. The topological polar surface area (TPSA) is 330 Å². The number of carbonyl (C=O) groups is 2. The molecule has 22 nitrogen and oxygen atoms in total. The van der Waals surface area contributed by atoms with Crippen LogP contribution in [0, 0.1) is 41.5 Å². The quantitative estimate of drug-likeness (QED) is 0.0248. The first-order valence-corrected chi connectivity index (χ1v) is 23.2. The molecule has 0 aliphatic heterocycles. The van der Waals surface area contributed by atoms with Gasteiger partial charge in [0, 0.05) is 0 Å². The van der Waals surface area contributed by atoms with E-state index in [0.717, 1.165) is 12.2 Å². The first-order valence-electron chi connectivity index (χ1n) is 20.2. The molecule has 9 N–H and O–H groups in total. The SMILES string of the molecule is CCB=O.COc1cc(C)c(S(=O)(=O)NC(N)=NCCCC(NCB=O)C(=O)N(C)OC)c(C)c1C.COc1cc(C)c(S(=O)(=O)NC(N)=NCCCC(NCB=O)C(=O)O)c(C)c1C. The first-order chi connectivity index (χ1) is 30.5. The monoisotopic (exact) mass is 951 g/mol. The van der Waals surface area contributed by atoms with Crippen LogP contribution in [0.25, 0.3) is 0 Å². The minimum atomic E-state index is -3.95. The number of aliphatic imine (C=N–C) groups is 2. The molecule has 0 radical (unpaired) electrons. The molecule has 0 saturated heterocycles. The van der Waals surface area contributed by atoms with Crippen molar-refractivity contribution in [3.63, 3.8) is 0 Å². The maximum absolute atomic E-state index is 12.9. The van der Waals surface area contributed by atoms with E-state index >= 15 is 0 Å². The summed E-state index contributed by atoms with van der Waals surface area (Å²) in [6, 6.07) is 1.76. The van der Waals surface area contributed by atoms with Gasteiger partial charge in [0.25, 0.3) is 0 Å². The van der Waals surface area contributed by atoms with Gasteiger partial charge in [-0.2, -0.15) is 0 Å². The molecule has 2 atom stereocenters. The van der Waals surface area contributed by atoms with E-state index in [0.29, 0.717) is 84.8 Å². The number of hydrogen-bond acceptors (Lipinski definition) is 16. The molecule has 2 aromatic carbocycles. The molecule has 2 unspecified atom stereocenters.